The number of H-pyrrole nitrogens is 1. The van der Waals surface area contributed by atoms with Gasteiger partial charge in [-0.3, -0.25) is 20.3 Å². The van der Waals surface area contributed by atoms with Crippen molar-refractivity contribution in [2.45, 2.75) is 38.8 Å². The van der Waals surface area contributed by atoms with E-state index in [4.69, 9.17) is 16.1 Å². The molecule has 2 aromatic carbocycles. The minimum absolute atomic E-state index is 0.0215. The van der Waals surface area contributed by atoms with Crippen LogP contribution in [0.2, 0.25) is 0 Å². The second kappa shape index (κ2) is 9.75. The summed E-state index contributed by atoms with van der Waals surface area (Å²) >= 11 is 0. The fraction of sp³-hybridized carbons (Fsp3) is 0.360. The van der Waals surface area contributed by atoms with Gasteiger partial charge in [0.1, 0.15) is 17.2 Å². The number of carbonyl (C=O) groups excluding carboxylic acids is 1. The molecular formula is C25H31N7O3. The van der Waals surface area contributed by atoms with Crippen molar-refractivity contribution >= 4 is 34.4 Å². The number of fused-ring (bicyclic) bond motifs is 1. The number of nitrogen functional groups attached to an aromatic ring is 1. The molecular weight excluding hydrogens is 446 g/mol. The molecule has 0 spiro atoms. The first kappa shape index (κ1) is 24.2. The van der Waals surface area contributed by atoms with Gasteiger partial charge in [0, 0.05) is 24.3 Å². The van der Waals surface area contributed by atoms with Crippen LogP contribution in [0.5, 0.6) is 0 Å². The van der Waals surface area contributed by atoms with Crippen LogP contribution in [-0.2, 0) is 21.7 Å². The van der Waals surface area contributed by atoms with Crippen LogP contribution in [0.3, 0.4) is 0 Å². The van der Waals surface area contributed by atoms with Crippen LogP contribution in [0.25, 0.3) is 11.0 Å². The van der Waals surface area contributed by atoms with Crippen molar-refractivity contribution in [3.63, 3.8) is 0 Å². The molecule has 0 aliphatic carbocycles. The number of carbonyl (C=O) groups is 2. The van der Waals surface area contributed by atoms with E-state index in [0.29, 0.717) is 30.8 Å². The molecule has 1 saturated heterocycles. The molecule has 1 aliphatic heterocycles. The van der Waals surface area contributed by atoms with Gasteiger partial charge in [0.05, 0.1) is 24.1 Å². The molecule has 0 radical (unpaired) electrons. The van der Waals surface area contributed by atoms with E-state index < -0.39 is 11.5 Å². The van der Waals surface area contributed by atoms with Crippen molar-refractivity contribution in [2.75, 3.05) is 25.0 Å². The number of anilines is 1. The number of hydrogen-bond donors (Lipinski definition) is 6. The zero-order chi connectivity index (χ0) is 25.2. The van der Waals surface area contributed by atoms with E-state index in [1.807, 2.05) is 31.2 Å². The van der Waals surface area contributed by atoms with Gasteiger partial charge in [-0.1, -0.05) is 6.07 Å². The fourth-order valence-corrected chi connectivity index (χ4v) is 4.62. The lowest BCUT2D eigenvalue weighted by Gasteiger charge is -2.34. The first-order chi connectivity index (χ1) is 16.7. The number of nitrogens with one attached hydrogen (secondary N) is 4. The number of likely N-dealkylation sites (tertiary alicyclic amines) is 1. The third kappa shape index (κ3) is 4.97. The van der Waals surface area contributed by atoms with E-state index in [1.54, 1.807) is 24.0 Å². The average molecular weight is 478 g/mol. The van der Waals surface area contributed by atoms with Crippen molar-refractivity contribution in [3.8, 4) is 0 Å². The van der Waals surface area contributed by atoms with Gasteiger partial charge in [-0.2, -0.15) is 0 Å². The molecule has 184 valence electrons. The van der Waals surface area contributed by atoms with Crippen LogP contribution >= 0.6 is 0 Å². The maximum Gasteiger partial charge on any atom is 0.317 e. The van der Waals surface area contributed by atoms with Gasteiger partial charge >= 0.3 is 5.97 Å². The van der Waals surface area contributed by atoms with E-state index in [-0.39, 0.29) is 18.3 Å². The number of amidine groups is 1. The predicted molar refractivity (Wildman–Crippen MR) is 134 cm³/mol. The highest BCUT2D eigenvalue weighted by atomic mass is 16.4. The van der Waals surface area contributed by atoms with E-state index in [2.05, 4.69) is 15.6 Å². The monoisotopic (exact) mass is 477 g/mol. The number of carboxylic acids is 1. The van der Waals surface area contributed by atoms with Crippen molar-refractivity contribution in [1.82, 2.24) is 20.2 Å². The van der Waals surface area contributed by atoms with Crippen LogP contribution < -0.4 is 16.4 Å². The SMILES string of the molecule is Cc1c(C(C)(NCC(=O)O)C(=O)N2CCCC2)ccc2[nH]c(CNc3ccc(C(=N)N)cc3)nc12. The standard InChI is InChI=1S/C25H31N7O3/c1-15-18(25(2,29-14-21(33)34)24(35)32-11-3-4-12-32)9-10-19-22(15)31-20(30-19)13-28-17-7-5-16(6-8-17)23(26)27/h5-10,28-29H,3-4,11-14H2,1-2H3,(H3,26,27)(H,30,31)(H,33,34). The van der Waals surface area contributed by atoms with Gasteiger partial charge in [-0.15, -0.1) is 0 Å². The van der Waals surface area contributed by atoms with E-state index in [0.717, 1.165) is 41.0 Å². The molecule has 1 aliphatic rings. The van der Waals surface area contributed by atoms with Gasteiger partial charge in [-0.05, 0) is 68.1 Å². The Hall–Kier alpha value is -3.92. The summed E-state index contributed by atoms with van der Waals surface area (Å²) in [6, 6.07) is 11.0. The summed E-state index contributed by atoms with van der Waals surface area (Å²) < 4.78 is 0. The second-order valence-electron chi connectivity index (χ2n) is 9.03. The second-order valence-corrected chi connectivity index (χ2v) is 9.03. The molecule has 7 N–H and O–H groups in total. The minimum atomic E-state index is -1.18. The van der Waals surface area contributed by atoms with Crippen LogP contribution in [0.1, 0.15) is 42.3 Å². The van der Waals surface area contributed by atoms with Crippen LogP contribution in [0.15, 0.2) is 36.4 Å². The zero-order valence-electron chi connectivity index (χ0n) is 19.9. The Bertz CT molecular complexity index is 1260. The summed E-state index contributed by atoms with van der Waals surface area (Å²) in [7, 11) is 0. The summed E-state index contributed by atoms with van der Waals surface area (Å²) in [4.78, 5) is 34.7. The Balaban J connectivity index is 1.61. The highest BCUT2D eigenvalue weighted by Gasteiger charge is 2.40. The third-order valence-corrected chi connectivity index (χ3v) is 6.57. The first-order valence-corrected chi connectivity index (χ1v) is 11.6. The quantitative estimate of drug-likeness (QED) is 0.204. The normalized spacial score (nSPS) is 15.2. The van der Waals surface area contributed by atoms with Crippen LogP contribution in [0, 0.1) is 12.3 Å². The zero-order valence-corrected chi connectivity index (χ0v) is 19.9. The lowest BCUT2D eigenvalue weighted by atomic mass is 9.86. The van der Waals surface area contributed by atoms with Crippen molar-refractivity contribution < 1.29 is 14.7 Å². The molecule has 35 heavy (non-hydrogen) atoms. The Morgan fingerprint density at radius 2 is 1.89 bits per heavy atom. The van der Waals surface area contributed by atoms with Crippen molar-refractivity contribution in [3.05, 3.63) is 58.9 Å². The van der Waals surface area contributed by atoms with E-state index in [1.165, 1.54) is 0 Å². The molecule has 1 unspecified atom stereocenters. The van der Waals surface area contributed by atoms with Crippen molar-refractivity contribution in [2.24, 2.45) is 5.73 Å². The molecule has 10 heteroatoms. The summed E-state index contributed by atoms with van der Waals surface area (Å²) in [5, 5.41) is 23.1. The van der Waals surface area contributed by atoms with E-state index in [9.17, 15) is 14.7 Å². The number of aliphatic carboxylic acids is 1. The molecule has 0 bridgehead atoms. The largest absolute Gasteiger partial charge is 0.480 e. The van der Waals surface area contributed by atoms with Crippen LogP contribution in [-0.4, -0.2) is 57.3 Å². The highest BCUT2D eigenvalue weighted by molar-refractivity contribution is 5.95. The lowest BCUT2D eigenvalue weighted by molar-refractivity contribution is -0.139. The number of hydrogen-bond acceptors (Lipinski definition) is 6. The Morgan fingerprint density at radius 1 is 1.20 bits per heavy atom. The molecule has 2 heterocycles. The summed E-state index contributed by atoms with van der Waals surface area (Å²) in [5.41, 5.74) is 8.97. The average Bonchev–Trinajstić information content (AvgIpc) is 3.52. The highest BCUT2D eigenvalue weighted by Crippen LogP contribution is 2.32. The first-order valence-electron chi connectivity index (χ1n) is 11.6. The third-order valence-electron chi connectivity index (χ3n) is 6.57. The molecule has 1 aromatic heterocycles. The maximum absolute atomic E-state index is 13.5. The Kier molecular flexibility index (Phi) is 6.74. The molecule has 1 fully saturated rings. The van der Waals surface area contributed by atoms with Crippen LogP contribution in [0.4, 0.5) is 5.69 Å². The minimum Gasteiger partial charge on any atom is -0.480 e. The number of aromatic nitrogens is 2. The van der Waals surface area contributed by atoms with Crippen molar-refractivity contribution in [1.29, 1.82) is 5.41 Å². The summed E-state index contributed by atoms with van der Waals surface area (Å²) in [5.74, 6) is -0.395. The topological polar surface area (TPSA) is 160 Å². The number of benzene rings is 2. The number of nitrogens with two attached hydrogens (primary N) is 1. The van der Waals surface area contributed by atoms with Gasteiger partial charge < -0.3 is 26.0 Å². The van der Waals surface area contributed by atoms with Gasteiger partial charge in [0.25, 0.3) is 0 Å². The summed E-state index contributed by atoms with van der Waals surface area (Å²) in [6.07, 6.45) is 1.90. The number of nitrogens with zero attached hydrogens (tertiary/aromatic N) is 2. The molecule has 1 atom stereocenters. The molecule has 10 nitrogen and oxygen atoms in total. The Morgan fingerprint density at radius 3 is 2.51 bits per heavy atom. The molecule has 3 aromatic rings. The van der Waals surface area contributed by atoms with E-state index >= 15 is 0 Å². The fourth-order valence-electron chi connectivity index (χ4n) is 4.62. The number of aryl methyl sites for hydroxylation is 1. The van der Waals surface area contributed by atoms with Gasteiger partial charge in [-0.25, -0.2) is 4.98 Å². The maximum atomic E-state index is 13.5. The predicted octanol–water partition coefficient (Wildman–Crippen LogP) is 2.28. The van der Waals surface area contributed by atoms with Gasteiger partial charge in [0.2, 0.25) is 5.91 Å². The number of aromatic amines is 1. The summed E-state index contributed by atoms with van der Waals surface area (Å²) in [6.45, 7) is 5.14. The smallest absolute Gasteiger partial charge is 0.317 e. The Labute approximate surface area is 203 Å². The number of carboxylic acid groups (broad SMARTS) is 1. The van der Waals surface area contributed by atoms with Gasteiger partial charge in [0.15, 0.2) is 0 Å². The molecule has 1 amide bonds. The number of amides is 1. The number of rotatable bonds is 9. The number of imidazole rings is 1. The lowest BCUT2D eigenvalue weighted by Crippen LogP contribution is -2.54. The molecule has 4 rings (SSSR count). The molecule has 0 saturated carbocycles.